The molecule has 1 aliphatic carbocycles. The molecule has 0 atom stereocenters. The van der Waals surface area contributed by atoms with Crippen molar-refractivity contribution in [2.75, 3.05) is 0 Å². The minimum atomic E-state index is 0.876. The lowest BCUT2D eigenvalue weighted by Gasteiger charge is -2.08. The van der Waals surface area contributed by atoms with Gasteiger partial charge in [0.15, 0.2) is 0 Å². The second-order valence-corrected chi connectivity index (χ2v) is 5.74. The van der Waals surface area contributed by atoms with E-state index in [1.165, 1.54) is 36.1 Å². The Bertz CT molecular complexity index is 292. The Hall–Kier alpha value is 0.0500. The van der Waals surface area contributed by atoms with Gasteiger partial charge in [0.05, 0.1) is 0 Å². The van der Waals surface area contributed by atoms with Gasteiger partial charge in [-0.05, 0) is 30.5 Å². The normalized spacial score (nSPS) is 17.5. The Labute approximate surface area is 98.6 Å². The molecular formula is C12H15BrS. The molecule has 0 aliphatic heterocycles. The molecule has 1 aliphatic rings. The first-order valence-corrected chi connectivity index (χ1v) is 7.20. The van der Waals surface area contributed by atoms with Crippen LogP contribution in [-0.4, -0.2) is 5.25 Å². The Kier molecular flexibility index (Phi) is 3.94. The van der Waals surface area contributed by atoms with Crippen LogP contribution in [0.1, 0.15) is 31.2 Å². The lowest BCUT2D eigenvalue weighted by Crippen LogP contribution is -1.93. The molecule has 0 bridgehead atoms. The van der Waals surface area contributed by atoms with Crippen LogP contribution in [0.2, 0.25) is 0 Å². The van der Waals surface area contributed by atoms with Gasteiger partial charge in [0.2, 0.25) is 0 Å². The van der Waals surface area contributed by atoms with Crippen molar-refractivity contribution < 1.29 is 0 Å². The first kappa shape index (κ1) is 10.6. The number of alkyl halides is 1. The predicted molar refractivity (Wildman–Crippen MR) is 67.2 cm³/mol. The van der Waals surface area contributed by atoms with E-state index in [9.17, 15) is 0 Å². The summed E-state index contributed by atoms with van der Waals surface area (Å²) in [4.78, 5) is 1.44. The third-order valence-electron chi connectivity index (χ3n) is 2.66. The average Bonchev–Trinajstić information content (AvgIpc) is 2.71. The summed E-state index contributed by atoms with van der Waals surface area (Å²) in [6.07, 6.45) is 5.66. The summed E-state index contributed by atoms with van der Waals surface area (Å²) < 4.78 is 0. The van der Waals surface area contributed by atoms with Crippen molar-refractivity contribution in [3.63, 3.8) is 0 Å². The minimum absolute atomic E-state index is 0.876. The van der Waals surface area contributed by atoms with Gasteiger partial charge in [0.1, 0.15) is 0 Å². The highest BCUT2D eigenvalue weighted by Gasteiger charge is 2.15. The second kappa shape index (κ2) is 5.22. The first-order chi connectivity index (χ1) is 6.88. The van der Waals surface area contributed by atoms with Crippen molar-refractivity contribution in [3.8, 4) is 0 Å². The van der Waals surface area contributed by atoms with E-state index < -0.39 is 0 Å². The monoisotopic (exact) mass is 270 g/mol. The van der Waals surface area contributed by atoms with Crippen molar-refractivity contribution in [2.24, 2.45) is 0 Å². The zero-order valence-corrected chi connectivity index (χ0v) is 10.6. The van der Waals surface area contributed by atoms with Gasteiger partial charge in [-0.2, -0.15) is 0 Å². The van der Waals surface area contributed by atoms with Gasteiger partial charge in [-0.1, -0.05) is 40.9 Å². The molecule has 2 heteroatoms. The number of hydrogen-bond acceptors (Lipinski definition) is 1. The molecule has 0 amide bonds. The molecule has 0 radical (unpaired) electrons. The molecule has 0 spiro atoms. The number of rotatable bonds is 3. The molecule has 0 unspecified atom stereocenters. The van der Waals surface area contributed by atoms with Gasteiger partial charge in [0.25, 0.3) is 0 Å². The molecule has 76 valence electrons. The highest BCUT2D eigenvalue weighted by atomic mass is 79.9. The molecule has 2 rings (SSSR count). The first-order valence-electron chi connectivity index (χ1n) is 5.20. The summed E-state index contributed by atoms with van der Waals surface area (Å²) in [5.74, 6) is 0. The fraction of sp³-hybridized carbons (Fsp3) is 0.500. The van der Waals surface area contributed by atoms with Crippen LogP contribution in [0.3, 0.4) is 0 Å². The van der Waals surface area contributed by atoms with Crippen LogP contribution in [0, 0.1) is 0 Å². The van der Waals surface area contributed by atoms with E-state index >= 15 is 0 Å². The Morgan fingerprint density at radius 2 is 2.07 bits per heavy atom. The summed E-state index contributed by atoms with van der Waals surface area (Å²) >= 11 is 5.55. The van der Waals surface area contributed by atoms with Crippen molar-refractivity contribution in [1.82, 2.24) is 0 Å². The third-order valence-corrected chi connectivity index (χ3v) is 4.64. The maximum atomic E-state index is 3.50. The van der Waals surface area contributed by atoms with E-state index in [0.717, 1.165) is 10.6 Å². The molecular weight excluding hydrogens is 256 g/mol. The molecule has 0 N–H and O–H groups in total. The topological polar surface area (TPSA) is 0 Å². The fourth-order valence-corrected chi connectivity index (χ4v) is 3.58. The summed E-state index contributed by atoms with van der Waals surface area (Å²) in [7, 11) is 0. The highest BCUT2D eigenvalue weighted by molar-refractivity contribution is 9.08. The highest BCUT2D eigenvalue weighted by Crippen LogP contribution is 2.34. The Morgan fingerprint density at radius 1 is 1.29 bits per heavy atom. The van der Waals surface area contributed by atoms with Crippen LogP contribution in [0.5, 0.6) is 0 Å². The molecule has 0 aromatic heterocycles. The third kappa shape index (κ3) is 2.77. The van der Waals surface area contributed by atoms with Crippen LogP contribution >= 0.6 is 27.7 Å². The SMILES string of the molecule is BrCc1cccc(SC2CCCC2)c1. The maximum absolute atomic E-state index is 3.50. The average molecular weight is 271 g/mol. The number of benzene rings is 1. The molecule has 0 heterocycles. The van der Waals surface area contributed by atoms with E-state index in [2.05, 4.69) is 52.0 Å². The molecule has 14 heavy (non-hydrogen) atoms. The molecule has 1 aromatic carbocycles. The molecule has 0 saturated heterocycles. The maximum Gasteiger partial charge on any atom is 0.0283 e. The minimum Gasteiger partial charge on any atom is -0.123 e. The quantitative estimate of drug-likeness (QED) is 0.723. The Balaban J connectivity index is 2.00. The van der Waals surface area contributed by atoms with Crippen molar-refractivity contribution in [3.05, 3.63) is 29.8 Å². The van der Waals surface area contributed by atoms with Gasteiger partial charge < -0.3 is 0 Å². The van der Waals surface area contributed by atoms with Crippen LogP contribution in [0.15, 0.2) is 29.2 Å². The summed E-state index contributed by atoms with van der Waals surface area (Å²) in [6.45, 7) is 0. The van der Waals surface area contributed by atoms with Gasteiger partial charge in [-0.25, -0.2) is 0 Å². The van der Waals surface area contributed by atoms with Crippen molar-refractivity contribution in [2.45, 2.75) is 41.2 Å². The molecule has 0 nitrogen and oxygen atoms in total. The van der Waals surface area contributed by atoms with Gasteiger partial charge in [-0.15, -0.1) is 11.8 Å². The summed E-state index contributed by atoms with van der Waals surface area (Å²) in [5, 5.41) is 1.84. The number of hydrogen-bond donors (Lipinski definition) is 0. The Morgan fingerprint density at radius 3 is 2.79 bits per heavy atom. The molecule has 1 saturated carbocycles. The lowest BCUT2D eigenvalue weighted by molar-refractivity contribution is 0.886. The van der Waals surface area contributed by atoms with E-state index in [1.807, 2.05) is 0 Å². The van der Waals surface area contributed by atoms with Gasteiger partial charge >= 0.3 is 0 Å². The van der Waals surface area contributed by atoms with Crippen LogP contribution in [0.4, 0.5) is 0 Å². The van der Waals surface area contributed by atoms with E-state index in [-0.39, 0.29) is 0 Å². The standard InChI is InChI=1S/C12H15BrS/c13-9-10-4-3-7-12(8-10)14-11-5-1-2-6-11/h3-4,7-8,11H,1-2,5-6,9H2. The van der Waals surface area contributed by atoms with Crippen LogP contribution in [-0.2, 0) is 5.33 Å². The zero-order valence-electron chi connectivity index (χ0n) is 8.21. The summed E-state index contributed by atoms with van der Waals surface area (Å²) in [6, 6.07) is 8.87. The van der Waals surface area contributed by atoms with Crippen LogP contribution < -0.4 is 0 Å². The van der Waals surface area contributed by atoms with Crippen LogP contribution in [0.25, 0.3) is 0 Å². The predicted octanol–water partition coefficient (Wildman–Crippen LogP) is 4.62. The van der Waals surface area contributed by atoms with Gasteiger partial charge in [0, 0.05) is 15.5 Å². The van der Waals surface area contributed by atoms with E-state index in [0.29, 0.717) is 0 Å². The van der Waals surface area contributed by atoms with Crippen molar-refractivity contribution >= 4 is 27.7 Å². The van der Waals surface area contributed by atoms with E-state index in [4.69, 9.17) is 0 Å². The van der Waals surface area contributed by atoms with Crippen molar-refractivity contribution in [1.29, 1.82) is 0 Å². The molecule has 1 aromatic rings. The largest absolute Gasteiger partial charge is 0.123 e. The summed E-state index contributed by atoms with van der Waals surface area (Å²) in [5.41, 5.74) is 1.38. The number of thioether (sulfide) groups is 1. The smallest absolute Gasteiger partial charge is 0.0283 e. The fourth-order valence-electron chi connectivity index (χ4n) is 1.90. The van der Waals surface area contributed by atoms with E-state index in [1.54, 1.807) is 0 Å². The number of halogens is 1. The molecule has 1 fully saturated rings. The second-order valence-electron chi connectivity index (χ2n) is 3.81. The van der Waals surface area contributed by atoms with Gasteiger partial charge in [-0.3, -0.25) is 0 Å². The zero-order chi connectivity index (χ0) is 9.80. The lowest BCUT2D eigenvalue weighted by atomic mass is 10.2.